The Balaban J connectivity index is 3.82. The lowest BCUT2D eigenvalue weighted by Gasteiger charge is -2.15. The number of allylic oxidation sites excluding steroid dienone is 2. The van der Waals surface area contributed by atoms with E-state index in [1.165, 1.54) is 12.0 Å². The number of rotatable bonds is 5. The van der Waals surface area contributed by atoms with Gasteiger partial charge in [0.05, 0.1) is 13.3 Å². The molecule has 0 aromatic rings. The summed E-state index contributed by atoms with van der Waals surface area (Å²) in [5.74, 6) is 1.54. The molecular formula is C12H23+. The Morgan fingerprint density at radius 2 is 1.92 bits per heavy atom. The lowest BCUT2D eigenvalue weighted by Crippen LogP contribution is -2.07. The monoisotopic (exact) mass is 167 g/mol. The fourth-order valence-corrected chi connectivity index (χ4v) is 1.43. The summed E-state index contributed by atoms with van der Waals surface area (Å²) in [4.78, 5) is 0. The predicted octanol–water partition coefficient (Wildman–Crippen LogP) is 4.23. The van der Waals surface area contributed by atoms with Crippen molar-refractivity contribution in [3.63, 3.8) is 0 Å². The van der Waals surface area contributed by atoms with Crippen molar-refractivity contribution < 1.29 is 0 Å². The van der Waals surface area contributed by atoms with Gasteiger partial charge in [-0.2, -0.15) is 0 Å². The molecule has 0 radical (unpaired) electrons. The molecule has 0 saturated heterocycles. The van der Waals surface area contributed by atoms with E-state index in [9.17, 15) is 0 Å². The van der Waals surface area contributed by atoms with Gasteiger partial charge in [0.25, 0.3) is 0 Å². The maximum atomic E-state index is 3.94. The van der Waals surface area contributed by atoms with E-state index in [4.69, 9.17) is 0 Å². The first kappa shape index (κ1) is 11.6. The van der Waals surface area contributed by atoms with Gasteiger partial charge in [-0.1, -0.05) is 32.4 Å². The molecule has 0 amide bonds. The maximum absolute atomic E-state index is 3.94. The first-order valence-electron chi connectivity index (χ1n) is 5.06. The smallest absolute Gasteiger partial charge is 0.0859 e. The highest BCUT2D eigenvalue weighted by Crippen LogP contribution is 2.21. The van der Waals surface area contributed by atoms with Gasteiger partial charge in [0, 0.05) is 0 Å². The van der Waals surface area contributed by atoms with Gasteiger partial charge < -0.3 is 0 Å². The van der Waals surface area contributed by atoms with Crippen molar-refractivity contribution in [1.82, 2.24) is 0 Å². The molecule has 12 heavy (non-hydrogen) atoms. The van der Waals surface area contributed by atoms with E-state index in [1.54, 1.807) is 0 Å². The third-order valence-electron chi connectivity index (χ3n) is 2.62. The van der Waals surface area contributed by atoms with Crippen molar-refractivity contribution in [2.45, 2.75) is 47.0 Å². The van der Waals surface area contributed by atoms with Crippen molar-refractivity contribution >= 4 is 0 Å². The van der Waals surface area contributed by atoms with Crippen LogP contribution in [0.2, 0.25) is 0 Å². The lowest BCUT2D eigenvalue weighted by molar-refractivity contribution is 0.387. The van der Waals surface area contributed by atoms with Crippen LogP contribution in [0.3, 0.4) is 0 Å². The fraction of sp³-hybridized carbons (Fsp3) is 0.750. The van der Waals surface area contributed by atoms with Crippen LogP contribution in [0, 0.1) is 18.8 Å². The Morgan fingerprint density at radius 3 is 2.33 bits per heavy atom. The molecule has 0 aliphatic rings. The summed E-state index contributed by atoms with van der Waals surface area (Å²) in [5.41, 5.74) is 1.53. The summed E-state index contributed by atoms with van der Waals surface area (Å²) in [6, 6.07) is 0. The Kier molecular flexibility index (Phi) is 5.96. The minimum atomic E-state index is 0.755. The molecule has 0 heterocycles. The molecule has 0 spiro atoms. The zero-order valence-corrected chi connectivity index (χ0v) is 9.06. The van der Waals surface area contributed by atoms with Gasteiger partial charge in [-0.25, -0.2) is 0 Å². The van der Waals surface area contributed by atoms with Crippen LogP contribution in [0.1, 0.15) is 47.0 Å². The molecular weight excluding hydrogens is 144 g/mol. The zero-order valence-electron chi connectivity index (χ0n) is 9.06. The quantitative estimate of drug-likeness (QED) is 0.424. The molecule has 0 nitrogen and oxygen atoms in total. The number of hydrogen-bond donors (Lipinski definition) is 0. The molecule has 0 rings (SSSR count). The van der Waals surface area contributed by atoms with Crippen LogP contribution in [-0.4, -0.2) is 0 Å². The summed E-state index contributed by atoms with van der Waals surface area (Å²) in [5, 5.41) is 0. The molecule has 0 aliphatic carbocycles. The maximum Gasteiger partial charge on any atom is 0.0878 e. The van der Waals surface area contributed by atoms with E-state index in [0.717, 1.165) is 24.7 Å². The lowest BCUT2D eigenvalue weighted by atomic mass is 9.88. The van der Waals surface area contributed by atoms with Crippen molar-refractivity contribution in [3.8, 4) is 0 Å². The van der Waals surface area contributed by atoms with Gasteiger partial charge in [-0.3, -0.25) is 0 Å². The predicted molar refractivity (Wildman–Crippen MR) is 57.0 cm³/mol. The van der Waals surface area contributed by atoms with Crippen LogP contribution in [0.5, 0.6) is 0 Å². The second-order valence-corrected chi connectivity index (χ2v) is 3.91. The second kappa shape index (κ2) is 6.16. The highest BCUT2D eigenvalue weighted by molar-refractivity contribution is 4.98. The van der Waals surface area contributed by atoms with E-state index in [2.05, 4.69) is 40.7 Å². The van der Waals surface area contributed by atoms with Crippen LogP contribution in [-0.2, 0) is 0 Å². The van der Waals surface area contributed by atoms with Gasteiger partial charge in [-0.15, -0.1) is 0 Å². The SMILES string of the molecule is [CH2+]CC(C)C(C)C/C(C)=C\CC. The summed E-state index contributed by atoms with van der Waals surface area (Å²) in [7, 11) is 0. The molecule has 2 unspecified atom stereocenters. The van der Waals surface area contributed by atoms with Crippen LogP contribution in [0.25, 0.3) is 0 Å². The van der Waals surface area contributed by atoms with Crippen LogP contribution < -0.4 is 0 Å². The molecule has 0 aliphatic heterocycles. The Hall–Kier alpha value is -0.390. The van der Waals surface area contributed by atoms with Gasteiger partial charge in [-0.05, 0) is 31.6 Å². The minimum Gasteiger partial charge on any atom is -0.0859 e. The summed E-state index contributed by atoms with van der Waals surface area (Å²) in [6.45, 7) is 13.0. The Labute approximate surface area is 78.1 Å². The largest absolute Gasteiger partial charge is 0.0878 e. The van der Waals surface area contributed by atoms with E-state index in [0.29, 0.717) is 0 Å². The normalized spacial score (nSPS) is 17.5. The standard InChI is InChI=1S/C12H23/c1-6-8-10(3)9-12(5)11(4)7-2/h8,11-12H,2,6-7,9H2,1,3-5H3/q+1/b10-8-. The molecule has 0 aromatic carbocycles. The number of hydrogen-bond acceptors (Lipinski definition) is 0. The highest BCUT2D eigenvalue weighted by Gasteiger charge is 2.12. The van der Waals surface area contributed by atoms with Crippen molar-refractivity contribution in [2.75, 3.05) is 0 Å². The molecule has 0 aromatic heterocycles. The summed E-state index contributed by atoms with van der Waals surface area (Å²) < 4.78 is 0. The van der Waals surface area contributed by atoms with Crippen molar-refractivity contribution in [2.24, 2.45) is 11.8 Å². The van der Waals surface area contributed by atoms with Crippen molar-refractivity contribution in [1.29, 1.82) is 0 Å². The fourth-order valence-electron chi connectivity index (χ4n) is 1.43. The van der Waals surface area contributed by atoms with E-state index < -0.39 is 0 Å². The molecule has 70 valence electrons. The Bertz CT molecular complexity index is 133. The zero-order chi connectivity index (χ0) is 9.56. The van der Waals surface area contributed by atoms with E-state index in [1.807, 2.05) is 0 Å². The van der Waals surface area contributed by atoms with Gasteiger partial charge in [0.1, 0.15) is 0 Å². The molecule has 0 bridgehead atoms. The van der Waals surface area contributed by atoms with Crippen LogP contribution in [0.4, 0.5) is 0 Å². The first-order chi connectivity index (χ1) is 5.61. The van der Waals surface area contributed by atoms with Gasteiger partial charge >= 0.3 is 0 Å². The highest BCUT2D eigenvalue weighted by atomic mass is 14.1. The topological polar surface area (TPSA) is 0 Å². The first-order valence-corrected chi connectivity index (χ1v) is 5.06. The summed E-state index contributed by atoms with van der Waals surface area (Å²) >= 11 is 0. The van der Waals surface area contributed by atoms with Crippen LogP contribution in [0.15, 0.2) is 11.6 Å². The molecule has 0 heteroatoms. The third kappa shape index (κ3) is 4.48. The van der Waals surface area contributed by atoms with E-state index >= 15 is 0 Å². The minimum absolute atomic E-state index is 0.755. The molecule has 0 fully saturated rings. The molecule has 0 saturated carbocycles. The third-order valence-corrected chi connectivity index (χ3v) is 2.62. The summed E-state index contributed by atoms with van der Waals surface area (Å²) in [6.07, 6.45) is 5.79. The van der Waals surface area contributed by atoms with E-state index in [-0.39, 0.29) is 0 Å². The van der Waals surface area contributed by atoms with Crippen molar-refractivity contribution in [3.05, 3.63) is 18.6 Å². The average molecular weight is 167 g/mol. The molecule has 2 atom stereocenters. The molecule has 0 N–H and O–H groups in total. The van der Waals surface area contributed by atoms with Crippen LogP contribution >= 0.6 is 0 Å². The van der Waals surface area contributed by atoms with Gasteiger partial charge in [0.15, 0.2) is 0 Å². The average Bonchev–Trinajstić information content (AvgIpc) is 2.03. The second-order valence-electron chi connectivity index (χ2n) is 3.91. The Morgan fingerprint density at radius 1 is 1.33 bits per heavy atom. The van der Waals surface area contributed by atoms with Gasteiger partial charge in [0.2, 0.25) is 0 Å².